The predicted octanol–water partition coefficient (Wildman–Crippen LogP) is 3.91. The molecule has 0 bridgehead atoms. The van der Waals surface area contributed by atoms with Gasteiger partial charge in [0.15, 0.2) is 0 Å². The van der Waals surface area contributed by atoms with Crippen LogP contribution in [0, 0.1) is 0 Å². The van der Waals surface area contributed by atoms with Gasteiger partial charge in [0, 0.05) is 37.1 Å². The summed E-state index contributed by atoms with van der Waals surface area (Å²) < 4.78 is 2.10. The summed E-state index contributed by atoms with van der Waals surface area (Å²) in [6.07, 6.45) is 8.02. The first-order valence-corrected chi connectivity index (χ1v) is 10.1. The normalized spacial score (nSPS) is 15.7. The van der Waals surface area contributed by atoms with Gasteiger partial charge in [0.05, 0.1) is 35.2 Å². The lowest BCUT2D eigenvalue weighted by Gasteiger charge is -2.32. The minimum atomic E-state index is 0.425. The first-order valence-electron chi connectivity index (χ1n) is 10.1. The van der Waals surface area contributed by atoms with E-state index in [4.69, 9.17) is 10.7 Å². The highest BCUT2D eigenvalue weighted by Crippen LogP contribution is 2.26. The second-order valence-electron chi connectivity index (χ2n) is 7.71. The van der Waals surface area contributed by atoms with Crippen molar-refractivity contribution in [1.82, 2.24) is 24.6 Å². The molecular weight excluding hydrogens is 360 g/mol. The van der Waals surface area contributed by atoms with Gasteiger partial charge in [-0.1, -0.05) is 24.3 Å². The average Bonchev–Trinajstić information content (AvgIpc) is 3.24. The second kappa shape index (κ2) is 7.64. The third-order valence-electron chi connectivity index (χ3n) is 5.63. The number of anilines is 1. The number of hydrogen-bond donors (Lipinski definition) is 1. The van der Waals surface area contributed by atoms with Crippen LogP contribution >= 0.6 is 0 Å². The van der Waals surface area contributed by atoms with Crippen LogP contribution in [0.1, 0.15) is 24.4 Å². The largest absolute Gasteiger partial charge is 0.399 e. The fourth-order valence-corrected chi connectivity index (χ4v) is 4.06. The smallest absolute Gasteiger partial charge is 0.0924 e. The molecular formula is C23H24N6. The van der Waals surface area contributed by atoms with Crippen molar-refractivity contribution in [2.45, 2.75) is 25.4 Å². The van der Waals surface area contributed by atoms with Gasteiger partial charge in [-0.2, -0.15) is 5.10 Å². The number of benzene rings is 2. The Labute approximate surface area is 170 Å². The third kappa shape index (κ3) is 3.84. The summed E-state index contributed by atoms with van der Waals surface area (Å²) in [6.45, 7) is 3.07. The Bertz CT molecular complexity index is 1130. The highest BCUT2D eigenvalue weighted by Gasteiger charge is 2.21. The molecule has 29 heavy (non-hydrogen) atoms. The summed E-state index contributed by atoms with van der Waals surface area (Å²) >= 11 is 0. The Morgan fingerprint density at radius 2 is 1.79 bits per heavy atom. The molecule has 1 aliphatic rings. The van der Waals surface area contributed by atoms with Crippen molar-refractivity contribution < 1.29 is 0 Å². The van der Waals surface area contributed by atoms with Gasteiger partial charge in [-0.3, -0.25) is 14.6 Å². The highest BCUT2D eigenvalue weighted by atomic mass is 15.3. The van der Waals surface area contributed by atoms with Gasteiger partial charge in [-0.05, 0) is 42.7 Å². The topological polar surface area (TPSA) is 72.9 Å². The zero-order valence-electron chi connectivity index (χ0n) is 16.3. The highest BCUT2D eigenvalue weighted by molar-refractivity contribution is 5.76. The molecule has 2 aromatic carbocycles. The number of nitrogen functional groups attached to an aromatic ring is 1. The Kier molecular flexibility index (Phi) is 4.69. The Morgan fingerprint density at radius 1 is 0.966 bits per heavy atom. The molecule has 1 fully saturated rings. The molecule has 0 unspecified atom stereocenters. The van der Waals surface area contributed by atoms with E-state index in [0.29, 0.717) is 6.04 Å². The molecule has 146 valence electrons. The number of fused-ring (bicyclic) bond motifs is 1. The molecule has 0 amide bonds. The number of nitrogens with zero attached hydrogens (tertiary/aromatic N) is 5. The molecule has 1 aliphatic heterocycles. The van der Waals surface area contributed by atoms with E-state index < -0.39 is 0 Å². The zero-order chi connectivity index (χ0) is 19.6. The van der Waals surface area contributed by atoms with E-state index in [1.165, 1.54) is 5.56 Å². The van der Waals surface area contributed by atoms with Crippen molar-refractivity contribution in [3.8, 4) is 11.3 Å². The van der Waals surface area contributed by atoms with Crippen LogP contribution in [0.4, 0.5) is 5.69 Å². The molecule has 3 heterocycles. The standard InChI is InChI=1S/C23H24N6/c24-19-5-3-4-17(12-19)15-28-10-8-20(9-11-28)29-16-18(13-26-29)23-14-25-21-6-1-2-7-22(21)27-23/h1-7,12-14,16,20H,8-11,15,24H2. The van der Waals surface area contributed by atoms with Crippen LogP contribution in [0.5, 0.6) is 0 Å². The van der Waals surface area contributed by atoms with E-state index in [1.54, 1.807) is 0 Å². The predicted molar refractivity (Wildman–Crippen MR) is 115 cm³/mol. The van der Waals surface area contributed by atoms with E-state index in [1.807, 2.05) is 48.8 Å². The number of para-hydroxylation sites is 2. The van der Waals surface area contributed by atoms with Crippen LogP contribution in [0.25, 0.3) is 22.3 Å². The van der Waals surface area contributed by atoms with Gasteiger partial charge in [0.25, 0.3) is 0 Å². The van der Waals surface area contributed by atoms with Gasteiger partial charge < -0.3 is 5.73 Å². The number of nitrogens with two attached hydrogens (primary N) is 1. The van der Waals surface area contributed by atoms with Gasteiger partial charge in [-0.15, -0.1) is 0 Å². The van der Waals surface area contributed by atoms with Crippen molar-refractivity contribution >= 4 is 16.7 Å². The molecule has 6 heteroatoms. The number of piperidine rings is 1. The molecule has 2 aromatic heterocycles. The molecule has 4 aromatic rings. The lowest BCUT2D eigenvalue weighted by molar-refractivity contribution is 0.173. The Hall–Kier alpha value is -3.25. The zero-order valence-corrected chi connectivity index (χ0v) is 16.3. The van der Waals surface area contributed by atoms with Gasteiger partial charge >= 0.3 is 0 Å². The van der Waals surface area contributed by atoms with Crippen LogP contribution in [-0.4, -0.2) is 37.7 Å². The third-order valence-corrected chi connectivity index (χ3v) is 5.63. The maximum atomic E-state index is 5.90. The lowest BCUT2D eigenvalue weighted by atomic mass is 10.0. The molecule has 0 spiro atoms. The van der Waals surface area contributed by atoms with E-state index in [0.717, 1.165) is 60.5 Å². The molecule has 1 saturated heterocycles. The minimum Gasteiger partial charge on any atom is -0.399 e. The summed E-state index contributed by atoms with van der Waals surface area (Å²) in [5.74, 6) is 0. The summed E-state index contributed by atoms with van der Waals surface area (Å²) in [5, 5.41) is 4.63. The van der Waals surface area contributed by atoms with Crippen molar-refractivity contribution in [1.29, 1.82) is 0 Å². The number of rotatable bonds is 4. The molecule has 0 aliphatic carbocycles. The Morgan fingerprint density at radius 3 is 2.62 bits per heavy atom. The van der Waals surface area contributed by atoms with E-state index in [9.17, 15) is 0 Å². The minimum absolute atomic E-state index is 0.425. The monoisotopic (exact) mass is 384 g/mol. The lowest BCUT2D eigenvalue weighted by Crippen LogP contribution is -2.34. The maximum absolute atomic E-state index is 5.90. The average molecular weight is 384 g/mol. The molecule has 0 saturated carbocycles. The van der Waals surface area contributed by atoms with E-state index in [2.05, 4.69) is 38.0 Å². The second-order valence-corrected chi connectivity index (χ2v) is 7.71. The summed E-state index contributed by atoms with van der Waals surface area (Å²) in [4.78, 5) is 11.7. The molecule has 0 atom stereocenters. The van der Waals surface area contributed by atoms with Gasteiger partial charge in [0.1, 0.15) is 0 Å². The first kappa shape index (κ1) is 17.8. The number of hydrogen-bond acceptors (Lipinski definition) is 5. The van der Waals surface area contributed by atoms with Crippen LogP contribution < -0.4 is 5.73 Å². The van der Waals surface area contributed by atoms with Gasteiger partial charge in [0.2, 0.25) is 0 Å². The van der Waals surface area contributed by atoms with Crippen LogP contribution in [-0.2, 0) is 6.54 Å². The van der Waals surface area contributed by atoms with Gasteiger partial charge in [-0.25, -0.2) is 4.98 Å². The van der Waals surface area contributed by atoms with Crippen molar-refractivity contribution in [2.75, 3.05) is 18.8 Å². The number of aromatic nitrogens is 4. The quantitative estimate of drug-likeness (QED) is 0.540. The molecule has 6 nitrogen and oxygen atoms in total. The first-order chi connectivity index (χ1) is 14.2. The SMILES string of the molecule is Nc1cccc(CN2CCC(n3cc(-c4cnc5ccccc5n4)cn3)CC2)c1. The molecule has 2 N–H and O–H groups in total. The van der Waals surface area contributed by atoms with Crippen LogP contribution in [0.3, 0.4) is 0 Å². The summed E-state index contributed by atoms with van der Waals surface area (Å²) in [6, 6.07) is 16.5. The summed E-state index contributed by atoms with van der Waals surface area (Å²) in [5.41, 5.74) is 11.7. The van der Waals surface area contributed by atoms with Crippen molar-refractivity contribution in [2.24, 2.45) is 0 Å². The van der Waals surface area contributed by atoms with E-state index >= 15 is 0 Å². The van der Waals surface area contributed by atoms with Crippen molar-refractivity contribution in [3.63, 3.8) is 0 Å². The molecule has 0 radical (unpaired) electrons. The summed E-state index contributed by atoms with van der Waals surface area (Å²) in [7, 11) is 0. The Balaban J connectivity index is 1.25. The van der Waals surface area contributed by atoms with Crippen LogP contribution in [0.15, 0.2) is 67.1 Å². The molecule has 5 rings (SSSR count). The van der Waals surface area contributed by atoms with E-state index in [-0.39, 0.29) is 0 Å². The fraction of sp³-hybridized carbons (Fsp3) is 0.261. The van der Waals surface area contributed by atoms with Crippen molar-refractivity contribution in [3.05, 3.63) is 72.7 Å². The fourth-order valence-electron chi connectivity index (χ4n) is 4.06. The number of likely N-dealkylation sites (tertiary alicyclic amines) is 1. The maximum Gasteiger partial charge on any atom is 0.0924 e. The van der Waals surface area contributed by atoms with Crippen LogP contribution in [0.2, 0.25) is 0 Å².